The zero-order valence-corrected chi connectivity index (χ0v) is 11.7. The molecule has 0 saturated carbocycles. The summed E-state index contributed by atoms with van der Waals surface area (Å²) in [4.78, 5) is 14.6. The molecule has 104 valence electrons. The second-order valence-electron chi connectivity index (χ2n) is 5.06. The molecule has 0 atom stereocenters. The average molecular weight is 288 g/mol. The van der Waals surface area contributed by atoms with Gasteiger partial charge in [0.2, 0.25) is 0 Å². The Kier molecular flexibility index (Phi) is 4.74. The van der Waals surface area contributed by atoms with Crippen molar-refractivity contribution in [2.24, 2.45) is 0 Å². The average Bonchev–Trinajstić information content (AvgIpc) is 2.37. The van der Waals surface area contributed by atoms with Crippen molar-refractivity contribution in [3.8, 4) is 0 Å². The van der Waals surface area contributed by atoms with Crippen LogP contribution in [0, 0.1) is 5.82 Å². The van der Waals surface area contributed by atoms with E-state index in [0.717, 1.165) is 26.2 Å². The van der Waals surface area contributed by atoms with Crippen LogP contribution in [-0.4, -0.2) is 45.7 Å². The Balaban J connectivity index is 1.89. The maximum absolute atomic E-state index is 13.5. The van der Waals surface area contributed by atoms with Crippen LogP contribution in [0.3, 0.4) is 0 Å². The molecular formula is C13H19ClFN3O+2. The van der Waals surface area contributed by atoms with Gasteiger partial charge in [0.1, 0.15) is 32.0 Å². The number of carbonyl (C=O) groups excluding carboxylic acids is 1. The third kappa shape index (κ3) is 4.16. The second kappa shape index (κ2) is 6.32. The lowest BCUT2D eigenvalue weighted by atomic mass is 10.3. The van der Waals surface area contributed by atoms with Crippen LogP contribution in [0.4, 0.5) is 10.1 Å². The number of amides is 1. The number of rotatable bonds is 3. The van der Waals surface area contributed by atoms with Gasteiger partial charge in [-0.15, -0.1) is 0 Å². The van der Waals surface area contributed by atoms with Crippen LogP contribution in [0.25, 0.3) is 0 Å². The molecule has 0 bridgehead atoms. The highest BCUT2D eigenvalue weighted by Crippen LogP contribution is 2.19. The van der Waals surface area contributed by atoms with Crippen molar-refractivity contribution in [3.63, 3.8) is 0 Å². The van der Waals surface area contributed by atoms with Crippen molar-refractivity contribution in [2.45, 2.75) is 0 Å². The molecule has 0 aromatic heterocycles. The predicted molar refractivity (Wildman–Crippen MR) is 72.2 cm³/mol. The Labute approximate surface area is 117 Å². The van der Waals surface area contributed by atoms with Gasteiger partial charge in [-0.05, 0) is 18.2 Å². The number of halogens is 2. The van der Waals surface area contributed by atoms with E-state index < -0.39 is 5.82 Å². The summed E-state index contributed by atoms with van der Waals surface area (Å²) in [5.41, 5.74) is 0.150. The Bertz CT molecular complexity index is 461. The number of benzene rings is 1. The van der Waals surface area contributed by atoms with Crippen LogP contribution < -0.4 is 15.1 Å². The fourth-order valence-electron chi connectivity index (χ4n) is 2.22. The highest BCUT2D eigenvalue weighted by atomic mass is 35.5. The quantitative estimate of drug-likeness (QED) is 0.644. The van der Waals surface area contributed by atoms with Gasteiger partial charge in [0.05, 0.1) is 12.7 Å². The zero-order valence-electron chi connectivity index (χ0n) is 10.9. The fraction of sp³-hybridized carbons (Fsp3) is 0.462. The Morgan fingerprint density at radius 2 is 2.05 bits per heavy atom. The van der Waals surface area contributed by atoms with Crippen LogP contribution in [0.1, 0.15) is 0 Å². The van der Waals surface area contributed by atoms with Crippen molar-refractivity contribution in [1.82, 2.24) is 0 Å². The second-order valence-corrected chi connectivity index (χ2v) is 5.49. The number of carbonyl (C=O) groups is 1. The largest absolute Gasteiger partial charge is 0.328 e. The van der Waals surface area contributed by atoms with Gasteiger partial charge in [-0.3, -0.25) is 4.79 Å². The van der Waals surface area contributed by atoms with E-state index in [1.807, 2.05) is 0 Å². The molecular weight excluding hydrogens is 269 g/mol. The molecule has 2 rings (SSSR count). The van der Waals surface area contributed by atoms with Gasteiger partial charge < -0.3 is 15.1 Å². The van der Waals surface area contributed by atoms with Gasteiger partial charge in [-0.1, -0.05) is 11.6 Å². The van der Waals surface area contributed by atoms with Crippen LogP contribution in [0.5, 0.6) is 0 Å². The van der Waals surface area contributed by atoms with Crippen molar-refractivity contribution in [2.75, 3.05) is 45.1 Å². The number of likely N-dealkylation sites (N-methyl/N-ethyl adjacent to an activating group) is 1. The molecule has 1 fully saturated rings. The molecule has 1 aliphatic heterocycles. The molecule has 1 aromatic carbocycles. The maximum atomic E-state index is 13.5. The monoisotopic (exact) mass is 287 g/mol. The van der Waals surface area contributed by atoms with Crippen molar-refractivity contribution >= 4 is 23.2 Å². The van der Waals surface area contributed by atoms with Crippen LogP contribution in [0.2, 0.25) is 5.02 Å². The van der Waals surface area contributed by atoms with E-state index in [4.69, 9.17) is 11.6 Å². The van der Waals surface area contributed by atoms with Gasteiger partial charge in [0.25, 0.3) is 5.91 Å². The zero-order chi connectivity index (χ0) is 13.8. The van der Waals surface area contributed by atoms with E-state index in [1.165, 1.54) is 28.0 Å². The molecule has 19 heavy (non-hydrogen) atoms. The first kappa shape index (κ1) is 14.2. The van der Waals surface area contributed by atoms with Crippen molar-refractivity contribution in [3.05, 3.63) is 29.0 Å². The molecule has 4 nitrogen and oxygen atoms in total. The van der Waals surface area contributed by atoms with Crippen LogP contribution >= 0.6 is 11.6 Å². The predicted octanol–water partition coefficient (Wildman–Crippen LogP) is -1.17. The third-order valence-corrected chi connectivity index (χ3v) is 3.66. The Hall–Kier alpha value is -1.17. The molecule has 0 aliphatic carbocycles. The minimum atomic E-state index is -0.462. The van der Waals surface area contributed by atoms with Gasteiger partial charge in [0, 0.05) is 5.02 Å². The van der Waals surface area contributed by atoms with Gasteiger partial charge in [-0.25, -0.2) is 4.39 Å². The number of quaternary nitrogens is 2. The molecule has 0 unspecified atom stereocenters. The van der Waals surface area contributed by atoms with Gasteiger partial charge >= 0.3 is 0 Å². The van der Waals surface area contributed by atoms with E-state index in [1.54, 1.807) is 0 Å². The summed E-state index contributed by atoms with van der Waals surface area (Å²) in [7, 11) is 2.15. The number of hydrogen-bond donors (Lipinski definition) is 3. The number of nitrogens with one attached hydrogen (secondary N) is 3. The summed E-state index contributed by atoms with van der Waals surface area (Å²) in [6, 6.07) is 4.14. The molecule has 0 spiro atoms. The van der Waals surface area contributed by atoms with Gasteiger partial charge in [-0.2, -0.15) is 0 Å². The minimum absolute atomic E-state index is 0.150. The molecule has 0 radical (unpaired) electrons. The summed E-state index contributed by atoms with van der Waals surface area (Å²) >= 11 is 5.78. The lowest BCUT2D eigenvalue weighted by molar-refractivity contribution is -0.999. The number of hydrogen-bond acceptors (Lipinski definition) is 1. The number of piperazine rings is 1. The molecule has 1 aliphatic rings. The fourth-order valence-corrected chi connectivity index (χ4v) is 2.39. The van der Waals surface area contributed by atoms with E-state index in [0.29, 0.717) is 11.6 Å². The number of anilines is 1. The van der Waals surface area contributed by atoms with Crippen molar-refractivity contribution < 1.29 is 19.0 Å². The SMILES string of the molecule is C[NH+]1CC[NH+](CC(=O)Nc2cc(Cl)ccc2F)CC1. The summed E-state index contributed by atoms with van der Waals surface area (Å²) < 4.78 is 13.5. The Morgan fingerprint density at radius 1 is 1.37 bits per heavy atom. The molecule has 1 saturated heterocycles. The molecule has 6 heteroatoms. The van der Waals surface area contributed by atoms with Crippen LogP contribution in [-0.2, 0) is 4.79 Å². The molecule has 3 N–H and O–H groups in total. The lowest BCUT2D eigenvalue weighted by Crippen LogP contribution is -3.27. The maximum Gasteiger partial charge on any atom is 0.279 e. The first-order chi connectivity index (χ1) is 9.04. The summed E-state index contributed by atoms with van der Waals surface area (Å²) in [6.07, 6.45) is 0. The van der Waals surface area contributed by atoms with E-state index in [2.05, 4.69) is 12.4 Å². The minimum Gasteiger partial charge on any atom is -0.328 e. The topological polar surface area (TPSA) is 38.0 Å². The van der Waals surface area contributed by atoms with E-state index in [9.17, 15) is 9.18 Å². The van der Waals surface area contributed by atoms with Crippen molar-refractivity contribution in [1.29, 1.82) is 0 Å². The van der Waals surface area contributed by atoms with Crippen LogP contribution in [0.15, 0.2) is 18.2 Å². The highest BCUT2D eigenvalue weighted by Gasteiger charge is 2.22. The summed E-state index contributed by atoms with van der Waals surface area (Å²) in [5.74, 6) is -0.633. The van der Waals surface area contributed by atoms with E-state index in [-0.39, 0.29) is 11.6 Å². The normalized spacial score (nSPS) is 23.1. The molecule has 1 amide bonds. The lowest BCUT2D eigenvalue weighted by Gasteiger charge is -2.26. The highest BCUT2D eigenvalue weighted by molar-refractivity contribution is 6.30. The van der Waals surface area contributed by atoms with E-state index >= 15 is 0 Å². The summed E-state index contributed by atoms with van der Waals surface area (Å²) in [6.45, 7) is 4.44. The third-order valence-electron chi connectivity index (χ3n) is 3.42. The standard InChI is InChI=1S/C13H17ClFN3O/c1-17-4-6-18(7-5-17)9-13(19)16-12-8-10(14)2-3-11(12)15/h2-3,8H,4-7,9H2,1H3,(H,16,19)/p+2. The molecule has 1 heterocycles. The van der Waals surface area contributed by atoms with Gasteiger partial charge in [0.15, 0.2) is 6.54 Å². The Morgan fingerprint density at radius 3 is 2.74 bits per heavy atom. The summed E-state index contributed by atoms with van der Waals surface area (Å²) in [5, 5.41) is 2.99. The first-order valence-electron chi connectivity index (χ1n) is 6.44. The molecule has 1 aromatic rings. The smallest absolute Gasteiger partial charge is 0.279 e. The first-order valence-corrected chi connectivity index (χ1v) is 6.82.